The Labute approximate surface area is 201 Å². The molecule has 0 fully saturated rings. The fourth-order valence-corrected chi connectivity index (χ4v) is 3.43. The van der Waals surface area contributed by atoms with Crippen LogP contribution in [0.15, 0.2) is 48.5 Å². The topological polar surface area (TPSA) is 12.0 Å². The van der Waals surface area contributed by atoms with E-state index in [-0.39, 0.29) is 19.0 Å². The summed E-state index contributed by atoms with van der Waals surface area (Å²) in [4.78, 5) is 0. The molecule has 1 nitrogen and oxygen atoms in total. The van der Waals surface area contributed by atoms with Crippen LogP contribution < -0.4 is 5.32 Å². The smallest absolute Gasteiger partial charge is 0.0580 e. The molecule has 0 atom stereocenters. The lowest BCUT2D eigenvalue weighted by Gasteiger charge is -2.29. The zero-order valence-corrected chi connectivity index (χ0v) is 22.3. The summed E-state index contributed by atoms with van der Waals surface area (Å²) in [5, 5.41) is 3.81. The molecule has 182 valence electrons. The standard InChI is InChI=1S/C25H37N.C5H12.CH4/c1-18(2)16-20-8-12-22(13-9-20)24(26-25(5,6)7)23-14-10-21(11-15-23)17-19(3)4;1-5(2,3)4;/h8-15,18-19,24,26H,16-17H2,1-7H3;1-4H3;1H4. The Kier molecular flexibility index (Phi) is 12.5. The second-order valence-electron chi connectivity index (χ2n) is 12.5. The number of nitrogens with one attached hydrogen (secondary N) is 1. The second kappa shape index (κ2) is 13.2. The quantitative estimate of drug-likeness (QED) is 0.453. The maximum atomic E-state index is 3.81. The Hall–Kier alpha value is -1.60. The van der Waals surface area contributed by atoms with Gasteiger partial charge in [0.15, 0.2) is 0 Å². The summed E-state index contributed by atoms with van der Waals surface area (Å²) in [5.41, 5.74) is 6.07. The van der Waals surface area contributed by atoms with Crippen LogP contribution in [0.2, 0.25) is 0 Å². The Balaban J connectivity index is 0.00000144. The SMILES string of the molecule is C.CC(C)(C)C.CC(C)Cc1ccc(C(NC(C)(C)C)c2ccc(CC(C)C)cc2)cc1. The van der Waals surface area contributed by atoms with Gasteiger partial charge in [-0.2, -0.15) is 0 Å². The Bertz CT molecular complexity index is 678. The minimum absolute atomic E-state index is 0. The van der Waals surface area contributed by atoms with Crippen molar-refractivity contribution in [3.63, 3.8) is 0 Å². The van der Waals surface area contributed by atoms with Gasteiger partial charge in [-0.05, 0) is 73.1 Å². The molecule has 0 saturated heterocycles. The first-order valence-corrected chi connectivity index (χ1v) is 12.1. The van der Waals surface area contributed by atoms with Crippen LogP contribution >= 0.6 is 0 Å². The Morgan fingerprint density at radius 1 is 0.594 bits per heavy atom. The molecule has 0 heterocycles. The van der Waals surface area contributed by atoms with Gasteiger partial charge in [0, 0.05) is 5.54 Å². The zero-order valence-electron chi connectivity index (χ0n) is 22.3. The van der Waals surface area contributed by atoms with Crippen molar-refractivity contribution in [3.8, 4) is 0 Å². The maximum Gasteiger partial charge on any atom is 0.0580 e. The van der Waals surface area contributed by atoms with E-state index in [0.29, 0.717) is 17.3 Å². The van der Waals surface area contributed by atoms with Gasteiger partial charge < -0.3 is 5.32 Å². The second-order valence-corrected chi connectivity index (χ2v) is 12.5. The van der Waals surface area contributed by atoms with Crippen LogP contribution in [0, 0.1) is 17.3 Å². The molecule has 0 aliphatic rings. The summed E-state index contributed by atoms with van der Waals surface area (Å²) in [6.07, 6.45) is 2.28. The van der Waals surface area contributed by atoms with Gasteiger partial charge in [-0.15, -0.1) is 0 Å². The molecule has 2 rings (SSSR count). The molecule has 2 aromatic rings. The fourth-order valence-electron chi connectivity index (χ4n) is 3.43. The van der Waals surface area contributed by atoms with Crippen LogP contribution in [0.4, 0.5) is 0 Å². The largest absolute Gasteiger partial charge is 0.302 e. The van der Waals surface area contributed by atoms with Gasteiger partial charge in [0.2, 0.25) is 0 Å². The predicted molar refractivity (Wildman–Crippen MR) is 147 cm³/mol. The third kappa shape index (κ3) is 13.7. The van der Waals surface area contributed by atoms with E-state index >= 15 is 0 Å². The molecule has 32 heavy (non-hydrogen) atoms. The fraction of sp³-hybridized carbons (Fsp3) is 0.613. The Morgan fingerprint density at radius 3 is 1.09 bits per heavy atom. The van der Waals surface area contributed by atoms with Crippen molar-refractivity contribution in [1.82, 2.24) is 5.32 Å². The van der Waals surface area contributed by atoms with Gasteiger partial charge in [0.1, 0.15) is 0 Å². The van der Waals surface area contributed by atoms with Crippen LogP contribution in [0.3, 0.4) is 0 Å². The predicted octanol–water partition coefficient (Wildman–Crippen LogP) is 9.25. The molecule has 0 spiro atoms. The summed E-state index contributed by atoms with van der Waals surface area (Å²) in [6, 6.07) is 18.6. The van der Waals surface area contributed by atoms with Crippen molar-refractivity contribution in [3.05, 3.63) is 70.8 Å². The normalized spacial score (nSPS) is 11.9. The zero-order chi connectivity index (χ0) is 23.8. The minimum atomic E-state index is 0. The number of rotatable bonds is 7. The van der Waals surface area contributed by atoms with E-state index in [1.54, 1.807) is 0 Å². The van der Waals surface area contributed by atoms with E-state index in [4.69, 9.17) is 0 Å². The maximum absolute atomic E-state index is 3.81. The summed E-state index contributed by atoms with van der Waals surface area (Å²) < 4.78 is 0. The van der Waals surface area contributed by atoms with Crippen LogP contribution in [-0.2, 0) is 12.8 Å². The van der Waals surface area contributed by atoms with Crippen molar-refractivity contribution in [2.45, 2.75) is 108 Å². The molecule has 0 unspecified atom stereocenters. The van der Waals surface area contributed by atoms with Crippen LogP contribution in [0.5, 0.6) is 0 Å². The molecule has 2 aromatic carbocycles. The van der Waals surface area contributed by atoms with Crippen molar-refractivity contribution < 1.29 is 0 Å². The van der Waals surface area contributed by atoms with E-state index in [9.17, 15) is 0 Å². The van der Waals surface area contributed by atoms with Crippen molar-refractivity contribution in [2.75, 3.05) is 0 Å². The number of benzene rings is 2. The molecular formula is C31H53N. The van der Waals surface area contributed by atoms with Gasteiger partial charge in [-0.1, -0.05) is 111 Å². The molecule has 1 heteroatoms. The first-order chi connectivity index (χ1) is 14.1. The Morgan fingerprint density at radius 2 is 0.875 bits per heavy atom. The minimum Gasteiger partial charge on any atom is -0.302 e. The molecule has 0 saturated carbocycles. The first-order valence-electron chi connectivity index (χ1n) is 12.1. The van der Waals surface area contributed by atoms with Gasteiger partial charge >= 0.3 is 0 Å². The lowest BCUT2D eigenvalue weighted by atomic mass is 9.92. The van der Waals surface area contributed by atoms with Crippen molar-refractivity contribution >= 4 is 0 Å². The molecule has 0 aromatic heterocycles. The van der Waals surface area contributed by atoms with Crippen molar-refractivity contribution in [1.29, 1.82) is 0 Å². The third-order valence-electron chi connectivity index (χ3n) is 4.49. The lowest BCUT2D eigenvalue weighted by molar-refractivity contribution is 0.391. The average molecular weight is 440 g/mol. The number of hydrogen-bond acceptors (Lipinski definition) is 1. The summed E-state index contributed by atoms with van der Waals surface area (Å²) in [7, 11) is 0. The van der Waals surface area contributed by atoms with Gasteiger partial charge in [0.25, 0.3) is 0 Å². The third-order valence-corrected chi connectivity index (χ3v) is 4.49. The molecule has 0 bridgehead atoms. The molecule has 0 radical (unpaired) electrons. The van der Waals surface area contributed by atoms with Crippen LogP contribution in [0.1, 0.15) is 112 Å². The highest BCUT2D eigenvalue weighted by Gasteiger charge is 2.20. The number of hydrogen-bond donors (Lipinski definition) is 1. The highest BCUT2D eigenvalue weighted by molar-refractivity contribution is 5.35. The monoisotopic (exact) mass is 439 g/mol. The van der Waals surface area contributed by atoms with E-state index in [1.165, 1.54) is 22.3 Å². The molecule has 0 aliphatic heterocycles. The van der Waals surface area contributed by atoms with E-state index in [0.717, 1.165) is 12.8 Å². The van der Waals surface area contributed by atoms with E-state index < -0.39 is 0 Å². The summed E-state index contributed by atoms with van der Waals surface area (Å²) in [6.45, 7) is 24.6. The van der Waals surface area contributed by atoms with E-state index in [1.807, 2.05) is 0 Å². The molecule has 0 aliphatic carbocycles. The van der Waals surface area contributed by atoms with Crippen molar-refractivity contribution in [2.24, 2.45) is 17.3 Å². The van der Waals surface area contributed by atoms with Crippen LogP contribution in [0.25, 0.3) is 0 Å². The van der Waals surface area contributed by atoms with Gasteiger partial charge in [-0.3, -0.25) is 0 Å². The summed E-state index contributed by atoms with van der Waals surface area (Å²) >= 11 is 0. The molecular weight excluding hydrogens is 386 g/mol. The molecule has 1 N–H and O–H groups in total. The van der Waals surface area contributed by atoms with Gasteiger partial charge in [-0.25, -0.2) is 0 Å². The first kappa shape index (κ1) is 30.4. The molecule has 0 amide bonds. The summed E-state index contributed by atoms with van der Waals surface area (Å²) in [5.74, 6) is 1.38. The lowest BCUT2D eigenvalue weighted by Crippen LogP contribution is -2.39. The van der Waals surface area contributed by atoms with E-state index in [2.05, 4.69) is 130 Å². The highest BCUT2D eigenvalue weighted by atomic mass is 15.0. The highest BCUT2D eigenvalue weighted by Crippen LogP contribution is 2.26. The average Bonchev–Trinajstić information content (AvgIpc) is 2.58. The van der Waals surface area contributed by atoms with Crippen LogP contribution in [-0.4, -0.2) is 5.54 Å². The van der Waals surface area contributed by atoms with Gasteiger partial charge in [0.05, 0.1) is 6.04 Å².